The van der Waals surface area contributed by atoms with Crippen molar-refractivity contribution in [1.82, 2.24) is 9.13 Å². The van der Waals surface area contributed by atoms with Gasteiger partial charge < -0.3 is 9.30 Å². The van der Waals surface area contributed by atoms with Gasteiger partial charge >= 0.3 is 5.69 Å². The molecule has 5 nitrogen and oxygen atoms in total. The average Bonchev–Trinajstić information content (AvgIpc) is 2.24. The Morgan fingerprint density at radius 1 is 1.40 bits per heavy atom. The van der Waals surface area contributed by atoms with E-state index in [1.807, 2.05) is 6.92 Å². The van der Waals surface area contributed by atoms with Crippen molar-refractivity contribution in [3.63, 3.8) is 0 Å². The van der Waals surface area contributed by atoms with Crippen LogP contribution in [0.1, 0.15) is 13.3 Å². The van der Waals surface area contributed by atoms with Crippen LogP contribution in [0, 0.1) is 0 Å². The number of hydrogen-bond acceptors (Lipinski definition) is 3. The predicted octanol–water partition coefficient (Wildman–Crippen LogP) is -0.0264. The Hall–Kier alpha value is -1.36. The minimum atomic E-state index is -0.279. The number of hydrogen-bond donors (Lipinski definition) is 0. The second-order valence-electron chi connectivity index (χ2n) is 3.24. The maximum atomic E-state index is 11.5. The smallest absolute Gasteiger partial charge is 0.330 e. The summed E-state index contributed by atoms with van der Waals surface area (Å²) in [7, 11) is 1.48. The Morgan fingerprint density at radius 3 is 2.80 bits per heavy atom. The van der Waals surface area contributed by atoms with E-state index in [9.17, 15) is 9.59 Å². The summed E-state index contributed by atoms with van der Waals surface area (Å²) < 4.78 is 7.78. The van der Waals surface area contributed by atoms with Crippen LogP contribution >= 0.6 is 0 Å². The molecule has 0 aliphatic carbocycles. The molecule has 0 aliphatic heterocycles. The van der Waals surface area contributed by atoms with Crippen LogP contribution in [0.5, 0.6) is 0 Å². The fraction of sp³-hybridized carbons (Fsp3) is 0.600. The van der Waals surface area contributed by atoms with E-state index in [2.05, 4.69) is 0 Å². The Kier molecular flexibility index (Phi) is 4.30. The van der Waals surface area contributed by atoms with E-state index in [-0.39, 0.29) is 11.2 Å². The Morgan fingerprint density at radius 2 is 2.13 bits per heavy atom. The van der Waals surface area contributed by atoms with Crippen LogP contribution in [0.3, 0.4) is 0 Å². The number of ether oxygens (including phenoxy) is 1. The Labute approximate surface area is 87.9 Å². The molecular formula is C10H16N2O3. The molecule has 0 atom stereocenters. The molecule has 0 N–H and O–H groups in total. The number of rotatable bonds is 5. The minimum Gasteiger partial charge on any atom is -0.382 e. The SMILES string of the molecule is CCOCCCn1ccc(=O)n(C)c1=O. The lowest BCUT2D eigenvalue weighted by Gasteiger charge is -2.06. The monoisotopic (exact) mass is 212 g/mol. The molecular weight excluding hydrogens is 196 g/mol. The van der Waals surface area contributed by atoms with Crippen molar-refractivity contribution >= 4 is 0 Å². The second kappa shape index (κ2) is 5.50. The van der Waals surface area contributed by atoms with Gasteiger partial charge in [0.25, 0.3) is 5.56 Å². The van der Waals surface area contributed by atoms with E-state index in [4.69, 9.17) is 4.74 Å². The lowest BCUT2D eigenvalue weighted by atomic mass is 10.4. The highest BCUT2D eigenvalue weighted by Gasteiger charge is 1.99. The van der Waals surface area contributed by atoms with E-state index >= 15 is 0 Å². The van der Waals surface area contributed by atoms with E-state index in [0.29, 0.717) is 19.8 Å². The zero-order chi connectivity index (χ0) is 11.3. The highest BCUT2D eigenvalue weighted by atomic mass is 16.5. The summed E-state index contributed by atoms with van der Waals surface area (Å²) in [5.41, 5.74) is -0.556. The Balaban J connectivity index is 2.67. The number of aryl methyl sites for hydroxylation is 1. The molecule has 0 aliphatic rings. The van der Waals surface area contributed by atoms with Crippen LogP contribution in [0.25, 0.3) is 0 Å². The van der Waals surface area contributed by atoms with Gasteiger partial charge in [-0.2, -0.15) is 0 Å². The summed E-state index contributed by atoms with van der Waals surface area (Å²) in [6, 6.07) is 1.39. The van der Waals surface area contributed by atoms with Gasteiger partial charge in [0.05, 0.1) is 0 Å². The molecule has 0 aromatic carbocycles. The van der Waals surface area contributed by atoms with Crippen molar-refractivity contribution in [2.75, 3.05) is 13.2 Å². The van der Waals surface area contributed by atoms with Gasteiger partial charge in [-0.1, -0.05) is 0 Å². The van der Waals surface area contributed by atoms with E-state index in [1.165, 1.54) is 23.9 Å². The summed E-state index contributed by atoms with van der Waals surface area (Å²) in [5.74, 6) is 0. The van der Waals surface area contributed by atoms with Gasteiger partial charge in [0.15, 0.2) is 0 Å². The first-order chi connectivity index (χ1) is 7.16. The lowest BCUT2D eigenvalue weighted by molar-refractivity contribution is 0.141. The van der Waals surface area contributed by atoms with E-state index in [0.717, 1.165) is 11.0 Å². The number of nitrogens with zero attached hydrogens (tertiary/aromatic N) is 2. The summed E-state index contributed by atoms with van der Waals surface area (Å²) in [4.78, 5) is 22.6. The molecule has 0 fully saturated rings. The van der Waals surface area contributed by atoms with Crippen molar-refractivity contribution < 1.29 is 4.74 Å². The molecule has 84 valence electrons. The standard InChI is InChI=1S/C10H16N2O3/c1-3-15-8-4-6-12-7-5-9(13)11(2)10(12)14/h5,7H,3-4,6,8H2,1-2H3. The molecule has 5 heteroatoms. The van der Waals surface area contributed by atoms with Gasteiger partial charge in [0, 0.05) is 39.1 Å². The quantitative estimate of drug-likeness (QED) is 0.644. The first kappa shape index (κ1) is 11.7. The van der Waals surface area contributed by atoms with Crippen LogP contribution in [0.4, 0.5) is 0 Å². The van der Waals surface area contributed by atoms with Gasteiger partial charge in [-0.25, -0.2) is 4.79 Å². The normalized spacial score (nSPS) is 10.5. The van der Waals surface area contributed by atoms with E-state index in [1.54, 1.807) is 0 Å². The molecule has 0 saturated carbocycles. The zero-order valence-corrected chi connectivity index (χ0v) is 9.10. The highest BCUT2D eigenvalue weighted by Crippen LogP contribution is 1.87. The maximum absolute atomic E-state index is 11.5. The molecule has 0 amide bonds. The molecule has 0 radical (unpaired) electrons. The van der Waals surface area contributed by atoms with Gasteiger partial charge in [-0.3, -0.25) is 9.36 Å². The summed E-state index contributed by atoms with van der Waals surface area (Å²) in [6.45, 7) is 3.82. The average molecular weight is 212 g/mol. The van der Waals surface area contributed by atoms with Gasteiger partial charge in [-0.05, 0) is 13.3 Å². The van der Waals surface area contributed by atoms with Crippen molar-refractivity contribution in [2.24, 2.45) is 7.05 Å². The van der Waals surface area contributed by atoms with Gasteiger partial charge in [-0.15, -0.1) is 0 Å². The molecule has 0 spiro atoms. The third kappa shape index (κ3) is 3.06. The van der Waals surface area contributed by atoms with Crippen molar-refractivity contribution in [1.29, 1.82) is 0 Å². The summed E-state index contributed by atoms with van der Waals surface area (Å²) in [6.07, 6.45) is 2.29. The minimum absolute atomic E-state index is 0.277. The van der Waals surface area contributed by atoms with Crippen LogP contribution in [0.15, 0.2) is 21.9 Å². The molecule has 0 unspecified atom stereocenters. The fourth-order valence-electron chi connectivity index (χ4n) is 1.27. The molecule has 15 heavy (non-hydrogen) atoms. The molecule has 1 rings (SSSR count). The van der Waals surface area contributed by atoms with Crippen molar-refractivity contribution in [3.8, 4) is 0 Å². The highest BCUT2D eigenvalue weighted by molar-refractivity contribution is 4.85. The number of aromatic nitrogens is 2. The molecule has 1 aromatic heterocycles. The third-order valence-electron chi connectivity index (χ3n) is 2.15. The maximum Gasteiger partial charge on any atom is 0.330 e. The molecule has 1 aromatic rings. The summed E-state index contributed by atoms with van der Waals surface area (Å²) in [5, 5.41) is 0. The summed E-state index contributed by atoms with van der Waals surface area (Å²) >= 11 is 0. The molecule has 1 heterocycles. The first-order valence-electron chi connectivity index (χ1n) is 5.01. The topological polar surface area (TPSA) is 53.2 Å². The fourth-order valence-corrected chi connectivity index (χ4v) is 1.27. The second-order valence-corrected chi connectivity index (χ2v) is 3.24. The van der Waals surface area contributed by atoms with Crippen molar-refractivity contribution in [2.45, 2.75) is 19.9 Å². The zero-order valence-electron chi connectivity index (χ0n) is 9.10. The predicted molar refractivity (Wildman–Crippen MR) is 57.1 cm³/mol. The van der Waals surface area contributed by atoms with Crippen LogP contribution in [-0.4, -0.2) is 22.3 Å². The Bertz CT molecular complexity index is 419. The molecule has 0 saturated heterocycles. The third-order valence-corrected chi connectivity index (χ3v) is 2.15. The van der Waals surface area contributed by atoms with Crippen LogP contribution in [-0.2, 0) is 18.3 Å². The first-order valence-corrected chi connectivity index (χ1v) is 5.01. The largest absolute Gasteiger partial charge is 0.382 e. The van der Waals surface area contributed by atoms with Crippen molar-refractivity contribution in [3.05, 3.63) is 33.1 Å². The van der Waals surface area contributed by atoms with E-state index < -0.39 is 0 Å². The lowest BCUT2D eigenvalue weighted by Crippen LogP contribution is -2.37. The van der Waals surface area contributed by atoms with Crippen LogP contribution in [0.2, 0.25) is 0 Å². The molecule has 0 bridgehead atoms. The van der Waals surface area contributed by atoms with Crippen LogP contribution < -0.4 is 11.2 Å². The van der Waals surface area contributed by atoms with Gasteiger partial charge in [0.2, 0.25) is 0 Å². The van der Waals surface area contributed by atoms with Gasteiger partial charge in [0.1, 0.15) is 0 Å².